The van der Waals surface area contributed by atoms with Gasteiger partial charge in [0, 0.05) is 6.54 Å². The van der Waals surface area contributed by atoms with E-state index in [0.29, 0.717) is 18.3 Å². The predicted octanol–water partition coefficient (Wildman–Crippen LogP) is 2.28. The summed E-state index contributed by atoms with van der Waals surface area (Å²) in [5.74, 6) is 3.41. The first-order valence-corrected chi connectivity index (χ1v) is 8.68. The molecule has 1 atom stereocenters. The monoisotopic (exact) mass is 359 g/mol. The third kappa shape index (κ3) is 4.29. The van der Waals surface area contributed by atoms with Gasteiger partial charge in [-0.2, -0.15) is 0 Å². The first kappa shape index (κ1) is 18.1. The number of nitrogens with zero attached hydrogens (tertiary/aromatic N) is 1. The zero-order valence-corrected chi connectivity index (χ0v) is 15.3. The molecule has 1 unspecified atom stereocenters. The Morgan fingerprint density at radius 1 is 1.19 bits per heavy atom. The van der Waals surface area contributed by atoms with E-state index in [1.165, 1.54) is 0 Å². The summed E-state index contributed by atoms with van der Waals surface area (Å²) in [6.45, 7) is 7.28. The van der Waals surface area contributed by atoms with Crippen molar-refractivity contribution in [1.29, 1.82) is 0 Å². The topological polar surface area (TPSA) is 88.3 Å². The lowest BCUT2D eigenvalue weighted by Crippen LogP contribution is -2.44. The molecule has 0 saturated heterocycles. The zero-order chi connectivity index (χ0) is 18.6. The maximum absolute atomic E-state index is 10.6. The van der Waals surface area contributed by atoms with Gasteiger partial charge in [0.1, 0.15) is 17.1 Å². The normalized spacial score (nSPS) is 15.6. The number of furan rings is 1. The van der Waals surface area contributed by atoms with Crippen molar-refractivity contribution in [3.8, 4) is 11.5 Å². The van der Waals surface area contributed by atoms with E-state index in [0.717, 1.165) is 29.4 Å². The maximum atomic E-state index is 10.6. The highest BCUT2D eigenvalue weighted by atomic mass is 16.7. The largest absolute Gasteiger partial charge is 0.463 e. The van der Waals surface area contributed by atoms with Crippen molar-refractivity contribution in [2.45, 2.75) is 32.9 Å². The van der Waals surface area contributed by atoms with Gasteiger partial charge in [0.2, 0.25) is 6.79 Å². The predicted molar refractivity (Wildman–Crippen MR) is 98.4 cm³/mol. The number of ether oxygens (including phenoxy) is 2. The molecule has 140 valence electrons. The highest BCUT2D eigenvalue weighted by molar-refractivity contribution is 5.79. The summed E-state index contributed by atoms with van der Waals surface area (Å²) in [7, 11) is 0. The molecule has 26 heavy (non-hydrogen) atoms. The van der Waals surface area contributed by atoms with Crippen LogP contribution in [0.25, 0.3) is 0 Å². The Labute approximate surface area is 153 Å². The van der Waals surface area contributed by atoms with Crippen LogP contribution in [0.4, 0.5) is 0 Å². The van der Waals surface area contributed by atoms with Crippen molar-refractivity contribution in [3.63, 3.8) is 0 Å². The first-order chi connectivity index (χ1) is 12.5. The fourth-order valence-electron chi connectivity index (χ4n) is 2.62. The Hall–Kier alpha value is -2.67. The molecular formula is C19H25N3O4. The number of fused-ring (bicyclic) bond motifs is 1. The van der Waals surface area contributed by atoms with E-state index < -0.39 is 5.60 Å². The summed E-state index contributed by atoms with van der Waals surface area (Å²) < 4.78 is 16.2. The zero-order valence-electron chi connectivity index (χ0n) is 15.3. The lowest BCUT2D eigenvalue weighted by atomic mass is 10.0. The molecule has 1 aliphatic heterocycles. The van der Waals surface area contributed by atoms with E-state index in [-0.39, 0.29) is 13.3 Å². The van der Waals surface area contributed by atoms with E-state index in [1.54, 1.807) is 13.0 Å². The summed E-state index contributed by atoms with van der Waals surface area (Å²) in [5.41, 5.74) is -0.122. The number of nitrogens with one attached hydrogen (secondary N) is 2. The quantitative estimate of drug-likeness (QED) is 0.542. The molecule has 0 radical (unpaired) electrons. The van der Waals surface area contributed by atoms with Gasteiger partial charge in [-0.3, -0.25) is 0 Å². The van der Waals surface area contributed by atoms with Gasteiger partial charge < -0.3 is 29.6 Å². The van der Waals surface area contributed by atoms with Crippen LogP contribution in [0, 0.1) is 6.92 Å². The van der Waals surface area contributed by atoms with Crippen LogP contribution in [0.3, 0.4) is 0 Å². The molecule has 0 amide bonds. The van der Waals surface area contributed by atoms with Crippen molar-refractivity contribution in [2.24, 2.45) is 4.99 Å². The average molecular weight is 359 g/mol. The molecule has 3 rings (SSSR count). The van der Waals surface area contributed by atoms with Gasteiger partial charge in [-0.05, 0) is 50.6 Å². The van der Waals surface area contributed by atoms with Gasteiger partial charge in [0.15, 0.2) is 17.5 Å². The van der Waals surface area contributed by atoms with Crippen molar-refractivity contribution >= 4 is 5.96 Å². The Kier molecular flexibility index (Phi) is 5.37. The van der Waals surface area contributed by atoms with Gasteiger partial charge in [0.25, 0.3) is 0 Å². The van der Waals surface area contributed by atoms with Crippen LogP contribution in [-0.4, -0.2) is 30.9 Å². The van der Waals surface area contributed by atoms with Crippen LogP contribution >= 0.6 is 0 Å². The number of guanidine groups is 1. The molecule has 2 heterocycles. The molecule has 1 aromatic heterocycles. The molecule has 0 spiro atoms. The number of aliphatic hydroxyl groups is 1. The second kappa shape index (κ2) is 7.70. The number of aliphatic imine (C=N–C) groups is 1. The summed E-state index contributed by atoms with van der Waals surface area (Å²) in [6.07, 6.45) is 0. The summed E-state index contributed by atoms with van der Waals surface area (Å²) in [4.78, 5) is 4.57. The van der Waals surface area contributed by atoms with E-state index in [4.69, 9.17) is 13.9 Å². The van der Waals surface area contributed by atoms with Crippen LogP contribution in [0.1, 0.15) is 30.9 Å². The minimum atomic E-state index is -1.14. The lowest BCUT2D eigenvalue weighted by Gasteiger charge is -2.22. The standard InChI is InChI=1S/C19H25N3O4/c1-4-20-18(22-11-19(3,23)17-8-5-13(2)26-17)21-10-14-6-7-15-16(9-14)25-12-24-15/h5-9,23H,4,10-12H2,1-3H3,(H2,20,21,22). The Balaban J connectivity index is 1.63. The van der Waals surface area contributed by atoms with E-state index in [9.17, 15) is 5.11 Å². The molecule has 7 nitrogen and oxygen atoms in total. The summed E-state index contributed by atoms with van der Waals surface area (Å²) >= 11 is 0. The molecule has 0 bridgehead atoms. The molecule has 2 aromatic rings. The van der Waals surface area contributed by atoms with Crippen LogP contribution < -0.4 is 20.1 Å². The third-order valence-corrected chi connectivity index (χ3v) is 4.07. The number of hydrogen-bond acceptors (Lipinski definition) is 5. The number of aryl methyl sites for hydroxylation is 1. The maximum Gasteiger partial charge on any atom is 0.231 e. The van der Waals surface area contributed by atoms with Gasteiger partial charge in [-0.1, -0.05) is 6.07 Å². The minimum Gasteiger partial charge on any atom is -0.463 e. The molecule has 3 N–H and O–H groups in total. The third-order valence-electron chi connectivity index (χ3n) is 4.07. The van der Waals surface area contributed by atoms with Gasteiger partial charge in [0.05, 0.1) is 13.1 Å². The second-order valence-corrected chi connectivity index (χ2v) is 6.42. The molecular weight excluding hydrogens is 334 g/mol. The summed E-state index contributed by atoms with van der Waals surface area (Å²) in [5, 5.41) is 17.0. The van der Waals surface area contributed by atoms with Gasteiger partial charge >= 0.3 is 0 Å². The Bertz CT molecular complexity index is 783. The fraction of sp³-hybridized carbons (Fsp3) is 0.421. The molecule has 0 fully saturated rings. The van der Waals surface area contributed by atoms with Crippen LogP contribution in [0.2, 0.25) is 0 Å². The van der Waals surface area contributed by atoms with Crippen molar-refractivity contribution in [3.05, 3.63) is 47.4 Å². The van der Waals surface area contributed by atoms with Gasteiger partial charge in [-0.15, -0.1) is 0 Å². The average Bonchev–Trinajstić information content (AvgIpc) is 3.26. The smallest absolute Gasteiger partial charge is 0.231 e. The fourth-order valence-corrected chi connectivity index (χ4v) is 2.62. The van der Waals surface area contributed by atoms with E-state index >= 15 is 0 Å². The Morgan fingerprint density at radius 2 is 2.00 bits per heavy atom. The highest BCUT2D eigenvalue weighted by Gasteiger charge is 2.27. The first-order valence-electron chi connectivity index (χ1n) is 8.68. The SMILES string of the molecule is CCNC(=NCc1ccc2c(c1)OCO2)NCC(C)(O)c1ccc(C)o1. The molecule has 1 aliphatic rings. The molecule has 7 heteroatoms. The van der Waals surface area contributed by atoms with Crippen molar-refractivity contribution < 1.29 is 19.0 Å². The van der Waals surface area contributed by atoms with Crippen LogP contribution in [-0.2, 0) is 12.1 Å². The highest BCUT2D eigenvalue weighted by Crippen LogP contribution is 2.32. The lowest BCUT2D eigenvalue weighted by molar-refractivity contribution is 0.0378. The van der Waals surface area contributed by atoms with E-state index in [2.05, 4.69) is 15.6 Å². The minimum absolute atomic E-state index is 0.258. The van der Waals surface area contributed by atoms with Gasteiger partial charge in [-0.25, -0.2) is 4.99 Å². The number of hydrogen-bond donors (Lipinski definition) is 3. The number of rotatable bonds is 6. The van der Waals surface area contributed by atoms with Crippen molar-refractivity contribution in [1.82, 2.24) is 10.6 Å². The van der Waals surface area contributed by atoms with Crippen LogP contribution in [0.15, 0.2) is 39.7 Å². The van der Waals surface area contributed by atoms with Crippen molar-refractivity contribution in [2.75, 3.05) is 19.9 Å². The van der Waals surface area contributed by atoms with Crippen LogP contribution in [0.5, 0.6) is 11.5 Å². The second-order valence-electron chi connectivity index (χ2n) is 6.42. The molecule has 0 saturated carbocycles. The van der Waals surface area contributed by atoms with E-state index in [1.807, 2.05) is 38.1 Å². The molecule has 0 aliphatic carbocycles. The molecule has 1 aromatic carbocycles. The summed E-state index contributed by atoms with van der Waals surface area (Å²) in [6, 6.07) is 9.40. The number of benzene rings is 1. The Morgan fingerprint density at radius 3 is 2.73 bits per heavy atom.